The van der Waals surface area contributed by atoms with Crippen molar-refractivity contribution in [2.75, 3.05) is 13.1 Å². The van der Waals surface area contributed by atoms with Crippen LogP contribution in [0.25, 0.3) is 0 Å². The molecule has 1 aliphatic heterocycles. The SMILES string of the molecule is O=C(NCc1cccnc1)C1CCCN(C(=O)c2ccc(F)cc2)C1. The van der Waals surface area contributed by atoms with Crippen LogP contribution >= 0.6 is 0 Å². The van der Waals surface area contributed by atoms with E-state index in [9.17, 15) is 14.0 Å². The summed E-state index contributed by atoms with van der Waals surface area (Å²) in [4.78, 5) is 30.6. The molecule has 0 radical (unpaired) electrons. The van der Waals surface area contributed by atoms with Crippen molar-refractivity contribution in [2.45, 2.75) is 19.4 Å². The van der Waals surface area contributed by atoms with Crippen LogP contribution in [0.15, 0.2) is 48.8 Å². The molecule has 2 aromatic rings. The molecule has 1 aromatic carbocycles. The molecule has 1 unspecified atom stereocenters. The molecule has 1 N–H and O–H groups in total. The minimum atomic E-state index is -0.372. The predicted octanol–water partition coefficient (Wildman–Crippen LogP) is 2.39. The quantitative estimate of drug-likeness (QED) is 0.929. The van der Waals surface area contributed by atoms with Crippen LogP contribution in [0.3, 0.4) is 0 Å². The van der Waals surface area contributed by atoms with Crippen molar-refractivity contribution in [3.05, 3.63) is 65.7 Å². The number of rotatable bonds is 4. The van der Waals surface area contributed by atoms with Crippen molar-refractivity contribution in [2.24, 2.45) is 5.92 Å². The number of halogens is 1. The maximum Gasteiger partial charge on any atom is 0.253 e. The number of carbonyl (C=O) groups is 2. The fraction of sp³-hybridized carbons (Fsp3) is 0.316. The molecule has 1 aliphatic rings. The van der Waals surface area contributed by atoms with E-state index >= 15 is 0 Å². The van der Waals surface area contributed by atoms with Crippen molar-refractivity contribution >= 4 is 11.8 Å². The summed E-state index contributed by atoms with van der Waals surface area (Å²) in [6, 6.07) is 9.22. The molecule has 5 nitrogen and oxygen atoms in total. The van der Waals surface area contributed by atoms with Gasteiger partial charge in [-0.1, -0.05) is 6.07 Å². The van der Waals surface area contributed by atoms with Crippen molar-refractivity contribution in [3.63, 3.8) is 0 Å². The van der Waals surface area contributed by atoms with E-state index in [0.29, 0.717) is 25.2 Å². The number of carbonyl (C=O) groups excluding carboxylic acids is 2. The number of aromatic nitrogens is 1. The largest absolute Gasteiger partial charge is 0.352 e. The van der Waals surface area contributed by atoms with Crippen LogP contribution in [0.2, 0.25) is 0 Å². The summed E-state index contributed by atoms with van der Waals surface area (Å²) in [6.07, 6.45) is 4.93. The highest BCUT2D eigenvalue weighted by atomic mass is 19.1. The zero-order valence-corrected chi connectivity index (χ0v) is 13.8. The Kier molecular flexibility index (Phi) is 5.38. The van der Waals surface area contributed by atoms with E-state index in [1.54, 1.807) is 17.3 Å². The molecule has 0 saturated carbocycles. The second kappa shape index (κ2) is 7.88. The third-order valence-corrected chi connectivity index (χ3v) is 4.36. The summed E-state index contributed by atoms with van der Waals surface area (Å²) < 4.78 is 13.0. The number of piperidine rings is 1. The van der Waals surface area contributed by atoms with E-state index in [0.717, 1.165) is 18.4 Å². The molecule has 130 valence electrons. The standard InChI is InChI=1S/C19H20FN3O2/c20-17-7-5-15(6-8-17)19(25)23-10-2-4-16(13-23)18(24)22-12-14-3-1-9-21-11-14/h1,3,5-9,11,16H,2,4,10,12-13H2,(H,22,24). The second-order valence-electron chi connectivity index (χ2n) is 6.18. The van der Waals surface area contributed by atoms with Gasteiger partial charge in [0, 0.05) is 37.6 Å². The van der Waals surface area contributed by atoms with Crippen LogP contribution in [0.1, 0.15) is 28.8 Å². The van der Waals surface area contributed by atoms with Crippen molar-refractivity contribution in [1.29, 1.82) is 0 Å². The number of hydrogen-bond donors (Lipinski definition) is 1. The van der Waals surface area contributed by atoms with Crippen LogP contribution in [0.5, 0.6) is 0 Å². The Labute approximate surface area is 145 Å². The van der Waals surface area contributed by atoms with Crippen LogP contribution in [0, 0.1) is 11.7 Å². The number of benzene rings is 1. The molecule has 2 amide bonds. The summed E-state index contributed by atoms with van der Waals surface area (Å²) in [5.74, 6) is -0.817. The monoisotopic (exact) mass is 341 g/mol. The topological polar surface area (TPSA) is 62.3 Å². The number of pyridine rings is 1. The van der Waals surface area contributed by atoms with Gasteiger partial charge in [-0.15, -0.1) is 0 Å². The minimum Gasteiger partial charge on any atom is -0.352 e. The number of amides is 2. The third kappa shape index (κ3) is 4.41. The van der Waals surface area contributed by atoms with Crippen LogP contribution in [-0.2, 0) is 11.3 Å². The normalized spacial score (nSPS) is 17.2. The summed E-state index contributed by atoms with van der Waals surface area (Å²) in [6.45, 7) is 1.42. The first-order valence-corrected chi connectivity index (χ1v) is 8.35. The lowest BCUT2D eigenvalue weighted by Gasteiger charge is -2.32. The van der Waals surface area contributed by atoms with Gasteiger partial charge >= 0.3 is 0 Å². The highest BCUT2D eigenvalue weighted by Crippen LogP contribution is 2.19. The van der Waals surface area contributed by atoms with Gasteiger partial charge in [-0.3, -0.25) is 14.6 Å². The Hall–Kier alpha value is -2.76. The average molecular weight is 341 g/mol. The molecule has 0 spiro atoms. The molecule has 1 fully saturated rings. The van der Waals surface area contributed by atoms with E-state index in [4.69, 9.17) is 0 Å². The van der Waals surface area contributed by atoms with Crippen LogP contribution in [0.4, 0.5) is 4.39 Å². The highest BCUT2D eigenvalue weighted by Gasteiger charge is 2.28. The lowest BCUT2D eigenvalue weighted by atomic mass is 9.96. The number of nitrogens with one attached hydrogen (secondary N) is 1. The lowest BCUT2D eigenvalue weighted by molar-refractivity contribution is -0.126. The third-order valence-electron chi connectivity index (χ3n) is 4.36. The smallest absolute Gasteiger partial charge is 0.253 e. The van der Waals surface area contributed by atoms with Crippen LogP contribution in [-0.4, -0.2) is 34.8 Å². The van der Waals surface area contributed by atoms with E-state index in [1.165, 1.54) is 24.3 Å². The molecule has 2 heterocycles. The van der Waals surface area contributed by atoms with E-state index in [2.05, 4.69) is 10.3 Å². The molecule has 0 aliphatic carbocycles. The number of likely N-dealkylation sites (tertiary alicyclic amines) is 1. The van der Waals surface area contributed by atoms with Gasteiger partial charge in [0.25, 0.3) is 5.91 Å². The Morgan fingerprint density at radius 1 is 1.24 bits per heavy atom. The van der Waals surface area contributed by atoms with Gasteiger partial charge in [0.15, 0.2) is 0 Å². The van der Waals surface area contributed by atoms with E-state index in [-0.39, 0.29) is 23.5 Å². The van der Waals surface area contributed by atoms with Gasteiger partial charge in [-0.25, -0.2) is 4.39 Å². The zero-order valence-electron chi connectivity index (χ0n) is 13.8. The Morgan fingerprint density at radius 3 is 2.76 bits per heavy atom. The van der Waals surface area contributed by atoms with E-state index in [1.807, 2.05) is 12.1 Å². The van der Waals surface area contributed by atoms with Gasteiger partial charge in [-0.05, 0) is 48.7 Å². The van der Waals surface area contributed by atoms with Gasteiger partial charge in [0.05, 0.1) is 5.92 Å². The fourth-order valence-corrected chi connectivity index (χ4v) is 2.99. The lowest BCUT2D eigenvalue weighted by Crippen LogP contribution is -2.45. The van der Waals surface area contributed by atoms with Gasteiger partial charge in [-0.2, -0.15) is 0 Å². The summed E-state index contributed by atoms with van der Waals surface area (Å²) in [5.41, 5.74) is 1.38. The zero-order chi connectivity index (χ0) is 17.6. The van der Waals surface area contributed by atoms with Crippen molar-refractivity contribution < 1.29 is 14.0 Å². The first-order chi connectivity index (χ1) is 12.1. The predicted molar refractivity (Wildman–Crippen MR) is 91.1 cm³/mol. The first kappa shape index (κ1) is 17.1. The average Bonchev–Trinajstić information content (AvgIpc) is 2.67. The van der Waals surface area contributed by atoms with Gasteiger partial charge in [0.2, 0.25) is 5.91 Å². The maximum atomic E-state index is 13.0. The molecule has 1 aromatic heterocycles. The van der Waals surface area contributed by atoms with E-state index < -0.39 is 0 Å². The second-order valence-corrected chi connectivity index (χ2v) is 6.18. The van der Waals surface area contributed by atoms with Gasteiger partial charge < -0.3 is 10.2 Å². The summed E-state index contributed by atoms with van der Waals surface area (Å²) in [7, 11) is 0. The molecule has 6 heteroatoms. The Morgan fingerprint density at radius 2 is 2.04 bits per heavy atom. The molecule has 0 bridgehead atoms. The molecule has 3 rings (SSSR count). The van der Waals surface area contributed by atoms with Crippen molar-refractivity contribution in [1.82, 2.24) is 15.2 Å². The van der Waals surface area contributed by atoms with Gasteiger partial charge in [0.1, 0.15) is 5.82 Å². The summed E-state index contributed by atoms with van der Waals surface area (Å²) in [5, 5.41) is 2.91. The number of hydrogen-bond acceptors (Lipinski definition) is 3. The highest BCUT2D eigenvalue weighted by molar-refractivity contribution is 5.94. The Balaban J connectivity index is 1.57. The Bertz CT molecular complexity index is 734. The van der Waals surface area contributed by atoms with Crippen LogP contribution < -0.4 is 5.32 Å². The molecule has 25 heavy (non-hydrogen) atoms. The maximum absolute atomic E-state index is 13.0. The minimum absolute atomic E-state index is 0.0551. The fourth-order valence-electron chi connectivity index (χ4n) is 2.99. The molecular weight excluding hydrogens is 321 g/mol. The molecular formula is C19H20FN3O2. The molecule has 1 atom stereocenters. The first-order valence-electron chi connectivity index (χ1n) is 8.35. The molecule has 1 saturated heterocycles. The summed E-state index contributed by atoms with van der Waals surface area (Å²) >= 11 is 0. The number of nitrogens with zero attached hydrogens (tertiary/aromatic N) is 2. The van der Waals surface area contributed by atoms with Crippen molar-refractivity contribution in [3.8, 4) is 0 Å².